The van der Waals surface area contributed by atoms with E-state index < -0.39 is 0 Å². The lowest BCUT2D eigenvalue weighted by Crippen LogP contribution is -2.11. The first-order chi connectivity index (χ1) is 56.5. The summed E-state index contributed by atoms with van der Waals surface area (Å²) in [5, 5.41) is 9.79. The van der Waals surface area contributed by atoms with E-state index in [1.165, 1.54) is 96.0 Å². The second-order valence-corrected chi connectivity index (χ2v) is 31.2. The molecule has 0 saturated carbocycles. The minimum atomic E-state index is 0.901. The van der Waals surface area contributed by atoms with Crippen molar-refractivity contribution >= 4 is 141 Å². The molecule has 0 aliphatic rings. The molecule has 0 spiro atoms. The highest BCUT2D eigenvalue weighted by atomic mass is 32.1. The van der Waals surface area contributed by atoms with Crippen LogP contribution in [0.1, 0.15) is 0 Å². The third-order valence-electron chi connectivity index (χ3n) is 22.2. The van der Waals surface area contributed by atoms with Crippen LogP contribution in [-0.4, -0.2) is 0 Å². The van der Waals surface area contributed by atoms with Gasteiger partial charge in [-0.3, -0.25) is 0 Å². The Morgan fingerprint density at radius 1 is 0.158 bits per heavy atom. The molecule has 0 N–H and O–H groups in total. The number of nitrogens with zero attached hydrogens (tertiary/aromatic N) is 2. The van der Waals surface area contributed by atoms with Gasteiger partial charge in [0.25, 0.3) is 0 Å². The summed E-state index contributed by atoms with van der Waals surface area (Å²) < 4.78 is 17.6. The van der Waals surface area contributed by atoms with E-state index in [1.54, 1.807) is 0 Å². The Hall–Kier alpha value is -14.4. The van der Waals surface area contributed by atoms with Gasteiger partial charge in [0.15, 0.2) is 0 Å². The average molecular weight is 1490 g/mol. The average Bonchev–Trinajstić information content (AvgIpc) is 1.53. The largest absolute Gasteiger partial charge is 0.456 e. The van der Waals surface area contributed by atoms with Crippen LogP contribution in [0.2, 0.25) is 0 Å². The first-order valence-electron chi connectivity index (χ1n) is 38.6. The lowest BCUT2D eigenvalue weighted by Gasteiger charge is -2.28. The Morgan fingerprint density at radius 3 is 0.781 bits per heavy atom. The normalized spacial score (nSPS) is 11.5. The number of hydrogen-bond acceptors (Lipinski definition) is 6. The van der Waals surface area contributed by atoms with Gasteiger partial charge in [-0.25, -0.2) is 0 Å². The van der Waals surface area contributed by atoms with E-state index in [9.17, 15) is 0 Å². The third kappa shape index (κ3) is 12.7. The number of hydrogen-bond donors (Lipinski definition) is 0. The van der Waals surface area contributed by atoms with Crippen LogP contribution in [0.5, 0.6) is 0 Å². The van der Waals surface area contributed by atoms with E-state index in [0.29, 0.717) is 0 Å². The maximum absolute atomic E-state index is 6.13. The monoisotopic (exact) mass is 1490 g/mol. The third-order valence-corrected chi connectivity index (χ3v) is 24.5. The van der Waals surface area contributed by atoms with Gasteiger partial charge in [0, 0.05) is 95.8 Å². The van der Waals surface area contributed by atoms with Gasteiger partial charge >= 0.3 is 0 Å². The highest BCUT2D eigenvalue weighted by Crippen LogP contribution is 2.47. The Balaban J connectivity index is 0.000000143. The molecule has 0 radical (unpaired) electrons. The van der Waals surface area contributed by atoms with E-state index in [4.69, 9.17) is 8.83 Å². The molecule has 536 valence electrons. The lowest BCUT2D eigenvalue weighted by atomic mass is 9.97. The van der Waals surface area contributed by atoms with Crippen molar-refractivity contribution in [1.82, 2.24) is 0 Å². The van der Waals surface area contributed by atoms with Gasteiger partial charge in [-0.05, 0) is 211 Å². The fourth-order valence-electron chi connectivity index (χ4n) is 16.5. The summed E-state index contributed by atoms with van der Waals surface area (Å²) in [6.45, 7) is 0. The Labute approximate surface area is 668 Å². The molecular formula is C108H70N2O2S2. The van der Waals surface area contributed by atoms with Gasteiger partial charge in [0.2, 0.25) is 0 Å². The van der Waals surface area contributed by atoms with Crippen LogP contribution in [0.15, 0.2) is 433 Å². The maximum Gasteiger partial charge on any atom is 0.135 e. The SMILES string of the molecule is c1ccc(-c2ccc(-c3ccccc3N(c3ccc(-c4ccc5oc6ccccc6c5c4)cc3)c3ccc(-c4ccc5oc6ccccc6c5c4)cc3)cc2)cc1.c1ccc(-c2ccc(-c3ccccc3N(c3ccc(-c4ccc5sc6ccccc6c5c4)cc3)c3ccc(-c4ccc5sc6ccccc6c5c4)cc3)cc2)cc1. The first kappa shape index (κ1) is 67.7. The highest BCUT2D eigenvalue weighted by Gasteiger charge is 2.22. The smallest absolute Gasteiger partial charge is 0.135 e. The molecule has 114 heavy (non-hydrogen) atoms. The second-order valence-electron chi connectivity index (χ2n) is 29.0. The molecule has 4 aromatic heterocycles. The van der Waals surface area contributed by atoms with Crippen molar-refractivity contribution in [2.45, 2.75) is 0 Å². The summed E-state index contributed by atoms with van der Waals surface area (Å²) in [7, 11) is 0. The van der Waals surface area contributed by atoms with Gasteiger partial charge < -0.3 is 18.6 Å². The second kappa shape index (κ2) is 29.1. The van der Waals surface area contributed by atoms with Crippen LogP contribution in [0, 0.1) is 0 Å². The predicted molar refractivity (Wildman–Crippen MR) is 486 cm³/mol. The molecule has 0 aliphatic carbocycles. The zero-order valence-corrected chi connectivity index (χ0v) is 63.6. The van der Waals surface area contributed by atoms with Crippen LogP contribution in [-0.2, 0) is 0 Å². The summed E-state index contributed by atoms with van der Waals surface area (Å²) >= 11 is 3.72. The standard InChI is InChI=1S/C54H35NO2.C54H35NS2/c2*1-2-10-36(11-3-1)37-18-20-40(21-19-37)45-12-4-7-15-50(45)55(43-28-22-38(23-29-43)41-26-32-53-48(34-41)46-13-5-8-16-51(46)56-53)44-30-24-39(25-31-44)42-27-33-54-49(35-42)47-14-6-9-17-52(47)57-54/h2*1-35H. The molecule has 18 aromatic carbocycles. The summed E-state index contributed by atoms with van der Waals surface area (Å²) in [6.07, 6.45) is 0. The fraction of sp³-hybridized carbons (Fsp3) is 0. The molecule has 22 rings (SSSR count). The van der Waals surface area contributed by atoms with Gasteiger partial charge in [0.05, 0.1) is 11.4 Å². The number of rotatable bonds is 14. The van der Waals surface area contributed by atoms with E-state index >= 15 is 0 Å². The molecule has 0 unspecified atom stereocenters. The van der Waals surface area contributed by atoms with Crippen LogP contribution in [0.3, 0.4) is 0 Å². The number of anilines is 6. The van der Waals surface area contributed by atoms with Gasteiger partial charge in [0.1, 0.15) is 22.3 Å². The van der Waals surface area contributed by atoms with Crippen molar-refractivity contribution in [3.63, 3.8) is 0 Å². The maximum atomic E-state index is 6.13. The van der Waals surface area contributed by atoms with Crippen molar-refractivity contribution in [1.29, 1.82) is 0 Å². The van der Waals surface area contributed by atoms with Crippen molar-refractivity contribution in [3.05, 3.63) is 425 Å². The minimum absolute atomic E-state index is 0.901. The van der Waals surface area contributed by atoms with Crippen LogP contribution < -0.4 is 9.80 Å². The van der Waals surface area contributed by atoms with Crippen molar-refractivity contribution in [2.75, 3.05) is 9.80 Å². The zero-order valence-electron chi connectivity index (χ0n) is 61.9. The van der Waals surface area contributed by atoms with Gasteiger partial charge in [-0.1, -0.05) is 291 Å². The van der Waals surface area contributed by atoms with Crippen LogP contribution >= 0.6 is 22.7 Å². The zero-order chi connectivity index (χ0) is 75.4. The molecule has 0 bridgehead atoms. The quantitative estimate of drug-likeness (QED) is 0.109. The minimum Gasteiger partial charge on any atom is -0.456 e. The number of fused-ring (bicyclic) bond motifs is 12. The van der Waals surface area contributed by atoms with E-state index in [-0.39, 0.29) is 0 Å². The summed E-state index contributed by atoms with van der Waals surface area (Å²) in [5.41, 5.74) is 29.1. The molecular weight excluding hydrogens is 1420 g/mol. The topological polar surface area (TPSA) is 32.8 Å². The summed E-state index contributed by atoms with van der Waals surface area (Å²) in [4.78, 5) is 4.77. The summed E-state index contributed by atoms with van der Waals surface area (Å²) in [6, 6.07) is 153. The first-order valence-corrected chi connectivity index (χ1v) is 40.3. The molecule has 0 atom stereocenters. The summed E-state index contributed by atoms with van der Waals surface area (Å²) in [5.74, 6) is 0. The Bertz CT molecular complexity index is 6550. The number of benzene rings is 18. The van der Waals surface area contributed by atoms with Crippen molar-refractivity contribution in [3.8, 4) is 89.0 Å². The Kier molecular flexibility index (Phi) is 17.3. The predicted octanol–water partition coefficient (Wildman–Crippen LogP) is 32.2. The molecule has 0 saturated heterocycles. The van der Waals surface area contributed by atoms with E-state index in [1.807, 2.05) is 46.9 Å². The Morgan fingerprint density at radius 2 is 0.404 bits per heavy atom. The fourth-order valence-corrected chi connectivity index (χ4v) is 18.6. The van der Waals surface area contributed by atoms with Crippen molar-refractivity contribution in [2.24, 2.45) is 0 Å². The van der Waals surface area contributed by atoms with Gasteiger partial charge in [-0.2, -0.15) is 0 Å². The van der Waals surface area contributed by atoms with Gasteiger partial charge in [-0.15, -0.1) is 22.7 Å². The number of para-hydroxylation sites is 4. The van der Waals surface area contributed by atoms with E-state index in [0.717, 1.165) is 111 Å². The van der Waals surface area contributed by atoms with E-state index in [2.05, 4.69) is 410 Å². The lowest BCUT2D eigenvalue weighted by molar-refractivity contribution is 0.668. The molecule has 0 aliphatic heterocycles. The number of thiophene rings is 2. The molecule has 4 heterocycles. The molecule has 0 amide bonds. The van der Waals surface area contributed by atoms with Crippen LogP contribution in [0.25, 0.3) is 173 Å². The number of furan rings is 2. The molecule has 0 fully saturated rings. The van der Waals surface area contributed by atoms with Crippen molar-refractivity contribution < 1.29 is 8.83 Å². The molecule has 6 heteroatoms. The molecule has 22 aromatic rings. The highest BCUT2D eigenvalue weighted by molar-refractivity contribution is 7.26. The van der Waals surface area contributed by atoms with Crippen LogP contribution in [0.4, 0.5) is 34.1 Å². The molecule has 4 nitrogen and oxygen atoms in total.